The van der Waals surface area contributed by atoms with Gasteiger partial charge < -0.3 is 4.90 Å². The van der Waals surface area contributed by atoms with Crippen molar-refractivity contribution >= 4 is 17.7 Å². The quantitative estimate of drug-likeness (QED) is 0.623. The molecule has 1 heterocycles. The summed E-state index contributed by atoms with van der Waals surface area (Å²) in [5, 5.41) is -0.0584. The van der Waals surface area contributed by atoms with E-state index in [-0.39, 0.29) is 17.1 Å². The molecule has 26 heavy (non-hydrogen) atoms. The number of hydrogen-bond acceptors (Lipinski definition) is 2. The molecular weight excluding hydrogens is 345 g/mol. The lowest BCUT2D eigenvalue weighted by molar-refractivity contribution is 0.0760. The van der Waals surface area contributed by atoms with Gasteiger partial charge in [0.05, 0.1) is 0 Å². The average Bonchev–Trinajstić information content (AvgIpc) is 3.19. The van der Waals surface area contributed by atoms with Crippen molar-refractivity contribution in [3.63, 3.8) is 0 Å². The molecule has 1 saturated heterocycles. The molecule has 1 aliphatic rings. The number of hydrogen-bond donors (Lipinski definition) is 0. The van der Waals surface area contributed by atoms with Crippen molar-refractivity contribution in [1.82, 2.24) is 4.90 Å². The first-order valence-electron chi connectivity index (χ1n) is 8.56. The molecule has 0 aliphatic carbocycles. The molecule has 130 valence electrons. The second-order valence-electron chi connectivity index (χ2n) is 6.22. The number of amides is 1. The van der Waals surface area contributed by atoms with Crippen LogP contribution in [0.25, 0.3) is 11.1 Å². The van der Waals surface area contributed by atoms with E-state index in [0.29, 0.717) is 12.1 Å². The van der Waals surface area contributed by atoms with Crippen LogP contribution < -0.4 is 0 Å². The minimum Gasteiger partial charge on any atom is -0.322 e. The van der Waals surface area contributed by atoms with E-state index in [1.807, 2.05) is 47.4 Å². The van der Waals surface area contributed by atoms with Gasteiger partial charge in [0, 0.05) is 17.9 Å². The Labute approximate surface area is 156 Å². The Balaban J connectivity index is 1.55. The molecule has 0 saturated carbocycles. The highest BCUT2D eigenvalue weighted by Crippen LogP contribution is 2.38. The summed E-state index contributed by atoms with van der Waals surface area (Å²) in [6.45, 7) is 0.700. The first kappa shape index (κ1) is 16.9. The largest absolute Gasteiger partial charge is 0.322 e. The first-order valence-corrected chi connectivity index (χ1v) is 9.61. The van der Waals surface area contributed by atoms with E-state index in [4.69, 9.17) is 0 Å². The van der Waals surface area contributed by atoms with Crippen LogP contribution in [-0.4, -0.2) is 23.1 Å². The van der Waals surface area contributed by atoms with Crippen LogP contribution in [0.15, 0.2) is 78.9 Å². The van der Waals surface area contributed by atoms with Gasteiger partial charge in [0.2, 0.25) is 0 Å². The third-order valence-electron chi connectivity index (χ3n) is 4.55. The Morgan fingerprint density at radius 1 is 0.885 bits per heavy atom. The van der Waals surface area contributed by atoms with Crippen LogP contribution in [-0.2, 0) is 0 Å². The second kappa shape index (κ2) is 7.34. The first-order chi connectivity index (χ1) is 12.7. The molecule has 0 unspecified atom stereocenters. The Morgan fingerprint density at radius 2 is 1.54 bits per heavy atom. The van der Waals surface area contributed by atoms with Gasteiger partial charge in [-0.15, -0.1) is 11.8 Å². The molecule has 3 aromatic carbocycles. The monoisotopic (exact) mass is 363 g/mol. The van der Waals surface area contributed by atoms with Gasteiger partial charge in [-0.05, 0) is 41.0 Å². The number of carbonyl (C=O) groups is 1. The van der Waals surface area contributed by atoms with Crippen molar-refractivity contribution in [3.05, 3.63) is 95.8 Å². The standard InChI is InChI=1S/C22H18FNOS/c23-20-12-10-19(11-13-20)22-24(14-15-26-22)21(25)18-8-6-17(7-9-18)16-4-2-1-3-5-16/h1-13,22H,14-15H2/t22-/m0/s1. The van der Waals surface area contributed by atoms with E-state index in [0.717, 1.165) is 22.4 Å². The minimum atomic E-state index is -0.258. The molecule has 0 bridgehead atoms. The van der Waals surface area contributed by atoms with E-state index in [2.05, 4.69) is 12.1 Å². The topological polar surface area (TPSA) is 20.3 Å². The van der Waals surface area contributed by atoms with Gasteiger partial charge in [0.15, 0.2) is 0 Å². The Hall–Kier alpha value is -2.59. The van der Waals surface area contributed by atoms with E-state index in [1.54, 1.807) is 23.9 Å². The Kier molecular flexibility index (Phi) is 4.76. The molecule has 0 aromatic heterocycles. The molecule has 0 N–H and O–H groups in total. The number of nitrogens with zero attached hydrogens (tertiary/aromatic N) is 1. The second-order valence-corrected chi connectivity index (χ2v) is 7.40. The van der Waals surface area contributed by atoms with Gasteiger partial charge in [-0.1, -0.05) is 54.6 Å². The van der Waals surface area contributed by atoms with Crippen LogP contribution >= 0.6 is 11.8 Å². The molecule has 2 nitrogen and oxygen atoms in total. The van der Waals surface area contributed by atoms with Crippen molar-refractivity contribution in [2.75, 3.05) is 12.3 Å². The molecule has 0 spiro atoms. The summed E-state index contributed by atoms with van der Waals surface area (Å²) < 4.78 is 13.2. The van der Waals surface area contributed by atoms with Gasteiger partial charge in [0.25, 0.3) is 5.91 Å². The van der Waals surface area contributed by atoms with Gasteiger partial charge in [-0.3, -0.25) is 4.79 Å². The predicted molar refractivity (Wildman–Crippen MR) is 105 cm³/mol. The van der Waals surface area contributed by atoms with Gasteiger partial charge >= 0.3 is 0 Å². The molecule has 4 heteroatoms. The molecule has 1 amide bonds. The zero-order chi connectivity index (χ0) is 17.9. The zero-order valence-corrected chi connectivity index (χ0v) is 15.0. The van der Waals surface area contributed by atoms with Gasteiger partial charge in [-0.2, -0.15) is 0 Å². The van der Waals surface area contributed by atoms with Crippen LogP contribution in [0, 0.1) is 5.82 Å². The molecule has 1 fully saturated rings. The van der Waals surface area contributed by atoms with E-state index in [1.165, 1.54) is 12.1 Å². The number of benzene rings is 3. The summed E-state index contributed by atoms with van der Waals surface area (Å²) in [4.78, 5) is 14.9. The number of rotatable bonds is 3. The van der Waals surface area contributed by atoms with Crippen LogP contribution in [0.2, 0.25) is 0 Å². The lowest BCUT2D eigenvalue weighted by Crippen LogP contribution is -2.30. The van der Waals surface area contributed by atoms with Crippen LogP contribution in [0.4, 0.5) is 4.39 Å². The Bertz CT molecular complexity index is 894. The molecular formula is C22H18FNOS. The summed E-state index contributed by atoms with van der Waals surface area (Å²) in [5.74, 6) is 0.644. The maximum absolute atomic E-state index is 13.2. The molecule has 0 radical (unpaired) electrons. The van der Waals surface area contributed by atoms with Gasteiger partial charge in [-0.25, -0.2) is 4.39 Å². The highest BCUT2D eigenvalue weighted by molar-refractivity contribution is 7.99. The van der Waals surface area contributed by atoms with Crippen molar-refractivity contribution in [1.29, 1.82) is 0 Å². The normalized spacial score (nSPS) is 16.7. The summed E-state index contributed by atoms with van der Waals surface area (Å²) in [7, 11) is 0. The lowest BCUT2D eigenvalue weighted by atomic mass is 10.0. The van der Waals surface area contributed by atoms with Crippen molar-refractivity contribution in [3.8, 4) is 11.1 Å². The van der Waals surface area contributed by atoms with E-state index in [9.17, 15) is 9.18 Å². The number of carbonyl (C=O) groups excluding carboxylic acids is 1. The van der Waals surface area contributed by atoms with Crippen molar-refractivity contribution in [2.24, 2.45) is 0 Å². The van der Waals surface area contributed by atoms with E-state index < -0.39 is 0 Å². The fraction of sp³-hybridized carbons (Fsp3) is 0.136. The summed E-state index contributed by atoms with van der Waals surface area (Å²) >= 11 is 1.72. The number of thioether (sulfide) groups is 1. The summed E-state index contributed by atoms with van der Waals surface area (Å²) in [6.07, 6.45) is 0. The maximum Gasteiger partial charge on any atom is 0.255 e. The maximum atomic E-state index is 13.2. The Morgan fingerprint density at radius 3 is 2.23 bits per heavy atom. The predicted octanol–water partition coefficient (Wildman–Crippen LogP) is 5.38. The lowest BCUT2D eigenvalue weighted by Gasteiger charge is -2.24. The highest BCUT2D eigenvalue weighted by atomic mass is 32.2. The van der Waals surface area contributed by atoms with Crippen LogP contribution in [0.5, 0.6) is 0 Å². The summed E-state index contributed by atoms with van der Waals surface area (Å²) in [6, 6.07) is 24.3. The number of halogens is 1. The van der Waals surface area contributed by atoms with E-state index >= 15 is 0 Å². The van der Waals surface area contributed by atoms with Gasteiger partial charge in [0.1, 0.15) is 11.2 Å². The SMILES string of the molecule is O=C(c1ccc(-c2ccccc2)cc1)N1CCS[C@H]1c1ccc(F)cc1. The zero-order valence-electron chi connectivity index (χ0n) is 14.1. The smallest absolute Gasteiger partial charge is 0.255 e. The fourth-order valence-corrected chi connectivity index (χ4v) is 4.44. The third kappa shape index (κ3) is 3.37. The highest BCUT2D eigenvalue weighted by Gasteiger charge is 2.31. The van der Waals surface area contributed by atoms with Crippen LogP contribution in [0.3, 0.4) is 0 Å². The third-order valence-corrected chi connectivity index (χ3v) is 5.81. The molecule has 1 atom stereocenters. The van der Waals surface area contributed by atoms with Crippen LogP contribution in [0.1, 0.15) is 21.3 Å². The average molecular weight is 363 g/mol. The molecule has 1 aliphatic heterocycles. The van der Waals surface area contributed by atoms with Crippen molar-refractivity contribution in [2.45, 2.75) is 5.37 Å². The minimum absolute atomic E-state index is 0.0175. The summed E-state index contributed by atoms with van der Waals surface area (Å²) in [5.41, 5.74) is 3.86. The molecule has 4 rings (SSSR count). The fourth-order valence-electron chi connectivity index (χ4n) is 3.18. The van der Waals surface area contributed by atoms with Crippen molar-refractivity contribution < 1.29 is 9.18 Å². The molecule has 3 aromatic rings.